The second-order valence-corrected chi connectivity index (χ2v) is 7.09. The van der Waals surface area contributed by atoms with Crippen molar-refractivity contribution in [1.82, 2.24) is 4.31 Å². The molecule has 1 aromatic rings. The first-order valence-electron chi connectivity index (χ1n) is 6.22. The number of hydrogen-bond acceptors (Lipinski definition) is 3. The van der Waals surface area contributed by atoms with E-state index in [1.54, 1.807) is 24.3 Å². The topological polar surface area (TPSA) is 57.6 Å². The van der Waals surface area contributed by atoms with Crippen molar-refractivity contribution in [3.8, 4) is 0 Å². The van der Waals surface area contributed by atoms with Crippen LogP contribution >= 0.6 is 0 Å². The van der Waals surface area contributed by atoms with E-state index in [0.717, 1.165) is 11.1 Å². The maximum atomic E-state index is 12.4. The highest BCUT2D eigenvalue weighted by molar-refractivity contribution is 7.89. The van der Waals surface area contributed by atoms with Crippen molar-refractivity contribution in [1.29, 1.82) is 0 Å². The summed E-state index contributed by atoms with van der Waals surface area (Å²) in [7, 11) is -3.52. The number of rotatable bonds is 3. The van der Waals surface area contributed by atoms with Gasteiger partial charge in [-0.2, -0.15) is 4.31 Å². The van der Waals surface area contributed by atoms with Crippen LogP contribution in [0.1, 0.15) is 12.5 Å². The van der Waals surface area contributed by atoms with Gasteiger partial charge in [-0.05, 0) is 26.0 Å². The molecule has 104 valence electrons. The van der Waals surface area contributed by atoms with Crippen LogP contribution in [-0.4, -0.2) is 37.0 Å². The third-order valence-electron chi connectivity index (χ3n) is 3.55. The van der Waals surface area contributed by atoms with Crippen molar-refractivity contribution in [3.05, 3.63) is 42.0 Å². The van der Waals surface area contributed by atoms with Gasteiger partial charge in [-0.1, -0.05) is 29.8 Å². The second kappa shape index (κ2) is 5.07. The second-order valence-electron chi connectivity index (χ2n) is 5.16. The van der Waals surface area contributed by atoms with Crippen LogP contribution < -0.4 is 0 Å². The zero-order chi connectivity index (χ0) is 14.2. The molecule has 4 nitrogen and oxygen atoms in total. The summed E-state index contributed by atoms with van der Waals surface area (Å²) in [6.45, 7) is 7.96. The lowest BCUT2D eigenvalue weighted by Crippen LogP contribution is -2.29. The third-order valence-corrected chi connectivity index (χ3v) is 5.39. The Morgan fingerprint density at radius 1 is 1.32 bits per heavy atom. The van der Waals surface area contributed by atoms with Gasteiger partial charge in [-0.15, -0.1) is 0 Å². The predicted octanol–water partition coefficient (Wildman–Crippen LogP) is 1.55. The van der Waals surface area contributed by atoms with Crippen molar-refractivity contribution < 1.29 is 13.5 Å². The summed E-state index contributed by atoms with van der Waals surface area (Å²) >= 11 is 0. The van der Waals surface area contributed by atoms with Crippen LogP contribution in [0.2, 0.25) is 0 Å². The van der Waals surface area contributed by atoms with E-state index in [-0.39, 0.29) is 17.4 Å². The minimum absolute atomic E-state index is 0.133. The van der Waals surface area contributed by atoms with Crippen LogP contribution in [0.3, 0.4) is 0 Å². The largest absolute Gasteiger partial charge is 0.391 e. The van der Waals surface area contributed by atoms with Crippen LogP contribution in [0.5, 0.6) is 0 Å². The van der Waals surface area contributed by atoms with Gasteiger partial charge in [-0.3, -0.25) is 0 Å². The minimum Gasteiger partial charge on any atom is -0.391 e. The first-order chi connectivity index (χ1) is 8.82. The van der Waals surface area contributed by atoms with E-state index in [4.69, 9.17) is 0 Å². The smallest absolute Gasteiger partial charge is 0.243 e. The summed E-state index contributed by atoms with van der Waals surface area (Å²) in [4.78, 5) is 0.271. The molecule has 5 heteroatoms. The molecule has 0 spiro atoms. The van der Waals surface area contributed by atoms with Gasteiger partial charge in [0.05, 0.1) is 11.0 Å². The molecule has 1 N–H and O–H groups in total. The Morgan fingerprint density at radius 2 is 1.89 bits per heavy atom. The molecular weight excluding hydrogens is 262 g/mol. The van der Waals surface area contributed by atoms with E-state index in [1.807, 2.05) is 13.8 Å². The molecule has 1 aliphatic rings. The van der Waals surface area contributed by atoms with Gasteiger partial charge >= 0.3 is 0 Å². The Kier molecular flexibility index (Phi) is 3.80. The maximum absolute atomic E-state index is 12.4. The Labute approximate surface area is 114 Å². The molecule has 0 unspecified atom stereocenters. The van der Waals surface area contributed by atoms with Crippen molar-refractivity contribution in [2.45, 2.75) is 24.8 Å². The highest BCUT2D eigenvalue weighted by atomic mass is 32.2. The van der Waals surface area contributed by atoms with Crippen molar-refractivity contribution >= 4 is 10.0 Å². The quantitative estimate of drug-likeness (QED) is 0.855. The van der Waals surface area contributed by atoms with Gasteiger partial charge in [0.1, 0.15) is 0 Å². The Bertz CT molecular complexity index is 577. The Balaban J connectivity index is 2.27. The molecule has 19 heavy (non-hydrogen) atoms. The predicted molar refractivity (Wildman–Crippen MR) is 74.2 cm³/mol. The number of benzene rings is 1. The van der Waals surface area contributed by atoms with E-state index < -0.39 is 16.1 Å². The number of nitrogens with zero attached hydrogens (tertiary/aromatic N) is 1. The van der Waals surface area contributed by atoms with E-state index >= 15 is 0 Å². The molecule has 1 aliphatic heterocycles. The van der Waals surface area contributed by atoms with E-state index in [1.165, 1.54) is 4.31 Å². The monoisotopic (exact) mass is 281 g/mol. The van der Waals surface area contributed by atoms with Gasteiger partial charge in [0.25, 0.3) is 0 Å². The lowest BCUT2D eigenvalue weighted by atomic mass is 9.99. The lowest BCUT2D eigenvalue weighted by Gasteiger charge is -2.16. The minimum atomic E-state index is -3.52. The fourth-order valence-corrected chi connectivity index (χ4v) is 3.78. The van der Waals surface area contributed by atoms with E-state index in [0.29, 0.717) is 6.54 Å². The molecule has 1 saturated heterocycles. The molecule has 0 radical (unpaired) electrons. The summed E-state index contributed by atoms with van der Waals surface area (Å²) in [6.07, 6.45) is -0.669. The normalized spacial score (nSPS) is 24.6. The number of aliphatic hydroxyl groups is 1. The molecule has 2 atom stereocenters. The molecular formula is C14H19NO3S. The van der Waals surface area contributed by atoms with E-state index in [9.17, 15) is 13.5 Å². The van der Waals surface area contributed by atoms with Crippen LogP contribution in [0.4, 0.5) is 0 Å². The molecule has 0 aromatic heterocycles. The molecule has 1 heterocycles. The number of hydrogen-bond donors (Lipinski definition) is 1. The Morgan fingerprint density at radius 3 is 2.37 bits per heavy atom. The SMILES string of the molecule is C=C(C)[C@@H]1CN(S(=O)(=O)c2ccc(C)cc2)C[C@H]1O. The molecule has 0 aliphatic carbocycles. The lowest BCUT2D eigenvalue weighted by molar-refractivity contribution is 0.160. The van der Waals surface area contributed by atoms with Crippen molar-refractivity contribution in [3.63, 3.8) is 0 Å². The molecule has 0 bridgehead atoms. The number of aryl methyl sites for hydroxylation is 1. The van der Waals surface area contributed by atoms with Gasteiger partial charge < -0.3 is 5.11 Å². The van der Waals surface area contributed by atoms with Crippen LogP contribution in [-0.2, 0) is 10.0 Å². The fraction of sp³-hybridized carbons (Fsp3) is 0.429. The fourth-order valence-electron chi connectivity index (χ4n) is 2.29. The van der Waals surface area contributed by atoms with Crippen LogP contribution in [0, 0.1) is 12.8 Å². The first kappa shape index (κ1) is 14.2. The van der Waals surface area contributed by atoms with Crippen LogP contribution in [0.15, 0.2) is 41.3 Å². The first-order valence-corrected chi connectivity index (χ1v) is 7.66. The van der Waals surface area contributed by atoms with Gasteiger partial charge in [0.15, 0.2) is 0 Å². The Hall–Kier alpha value is -1.17. The van der Waals surface area contributed by atoms with Gasteiger partial charge in [0, 0.05) is 19.0 Å². The summed E-state index contributed by atoms with van der Waals surface area (Å²) in [6, 6.07) is 6.75. The summed E-state index contributed by atoms with van der Waals surface area (Å²) in [5, 5.41) is 9.92. The van der Waals surface area contributed by atoms with Gasteiger partial charge in [-0.25, -0.2) is 8.42 Å². The highest BCUT2D eigenvalue weighted by Crippen LogP contribution is 2.28. The molecule has 1 aromatic carbocycles. The van der Waals surface area contributed by atoms with E-state index in [2.05, 4.69) is 6.58 Å². The highest BCUT2D eigenvalue weighted by Gasteiger charge is 2.38. The van der Waals surface area contributed by atoms with Gasteiger partial charge in [0.2, 0.25) is 10.0 Å². The third kappa shape index (κ3) is 2.73. The number of aliphatic hydroxyl groups excluding tert-OH is 1. The molecule has 2 rings (SSSR count). The zero-order valence-corrected chi connectivity index (χ0v) is 12.0. The average molecular weight is 281 g/mol. The summed E-state index contributed by atoms with van der Waals surface area (Å²) in [5.41, 5.74) is 1.83. The number of β-amino-alcohol motifs (C(OH)–C–C–N with tert-alkyl or cyclic N) is 1. The van der Waals surface area contributed by atoms with Crippen LogP contribution in [0.25, 0.3) is 0 Å². The molecule has 0 amide bonds. The number of sulfonamides is 1. The van der Waals surface area contributed by atoms with Crippen molar-refractivity contribution in [2.24, 2.45) is 5.92 Å². The molecule has 1 fully saturated rings. The summed E-state index contributed by atoms with van der Waals surface area (Å²) in [5.74, 6) is -0.180. The average Bonchev–Trinajstić information content (AvgIpc) is 2.72. The standard InChI is InChI=1S/C14H19NO3S/c1-10(2)13-8-15(9-14(13)16)19(17,18)12-6-4-11(3)5-7-12/h4-7,13-14,16H,1,8-9H2,2-3H3/t13-,14+/m0/s1. The maximum Gasteiger partial charge on any atom is 0.243 e. The summed E-state index contributed by atoms with van der Waals surface area (Å²) < 4.78 is 26.2. The molecule has 0 saturated carbocycles. The van der Waals surface area contributed by atoms with Crippen molar-refractivity contribution in [2.75, 3.05) is 13.1 Å². The zero-order valence-electron chi connectivity index (χ0n) is 11.2.